The number of benzene rings is 1. The second kappa shape index (κ2) is 10.5. The SMILES string of the molecule is CCCCCCCCCC(N)c1cccc(OC)c1OC. The van der Waals surface area contributed by atoms with Crippen molar-refractivity contribution >= 4 is 0 Å². The van der Waals surface area contributed by atoms with Gasteiger partial charge in [-0.3, -0.25) is 0 Å². The van der Waals surface area contributed by atoms with Crippen molar-refractivity contribution in [2.45, 2.75) is 64.3 Å². The van der Waals surface area contributed by atoms with E-state index in [4.69, 9.17) is 15.2 Å². The number of unbranched alkanes of at least 4 members (excludes halogenated alkanes) is 6. The van der Waals surface area contributed by atoms with Gasteiger partial charge in [0.05, 0.1) is 14.2 Å². The Morgan fingerprint density at radius 3 is 2.24 bits per heavy atom. The number of ether oxygens (including phenoxy) is 2. The molecule has 0 radical (unpaired) electrons. The predicted molar refractivity (Wildman–Crippen MR) is 89.1 cm³/mol. The van der Waals surface area contributed by atoms with Crippen molar-refractivity contribution < 1.29 is 9.47 Å². The van der Waals surface area contributed by atoms with Gasteiger partial charge in [0.15, 0.2) is 11.5 Å². The normalized spacial score (nSPS) is 12.2. The van der Waals surface area contributed by atoms with Crippen molar-refractivity contribution in [3.05, 3.63) is 23.8 Å². The minimum atomic E-state index is 0.0192. The van der Waals surface area contributed by atoms with Crippen molar-refractivity contribution in [1.29, 1.82) is 0 Å². The van der Waals surface area contributed by atoms with Gasteiger partial charge in [0.1, 0.15) is 0 Å². The van der Waals surface area contributed by atoms with Crippen LogP contribution in [0.4, 0.5) is 0 Å². The molecule has 1 aromatic rings. The number of methoxy groups -OCH3 is 2. The van der Waals surface area contributed by atoms with Crippen molar-refractivity contribution in [3.63, 3.8) is 0 Å². The van der Waals surface area contributed by atoms with Gasteiger partial charge in [0.25, 0.3) is 0 Å². The Morgan fingerprint density at radius 2 is 1.62 bits per heavy atom. The van der Waals surface area contributed by atoms with Crippen molar-refractivity contribution in [2.24, 2.45) is 5.73 Å². The van der Waals surface area contributed by atoms with E-state index in [0.29, 0.717) is 0 Å². The van der Waals surface area contributed by atoms with Gasteiger partial charge in [-0.15, -0.1) is 0 Å². The lowest BCUT2D eigenvalue weighted by Crippen LogP contribution is -2.12. The van der Waals surface area contributed by atoms with Crippen LogP contribution in [0.1, 0.15) is 69.9 Å². The molecule has 3 heteroatoms. The molecule has 2 N–H and O–H groups in total. The topological polar surface area (TPSA) is 44.5 Å². The van der Waals surface area contributed by atoms with Crippen molar-refractivity contribution in [1.82, 2.24) is 0 Å². The average molecular weight is 293 g/mol. The second-order valence-corrected chi connectivity index (χ2v) is 5.60. The summed E-state index contributed by atoms with van der Waals surface area (Å²) >= 11 is 0. The number of nitrogens with two attached hydrogens (primary N) is 1. The molecule has 0 aliphatic heterocycles. The van der Waals surface area contributed by atoms with E-state index in [1.165, 1.54) is 44.9 Å². The highest BCUT2D eigenvalue weighted by atomic mass is 16.5. The number of rotatable bonds is 11. The van der Waals surface area contributed by atoms with Crippen LogP contribution in [-0.2, 0) is 0 Å². The fraction of sp³-hybridized carbons (Fsp3) is 0.667. The fourth-order valence-corrected chi connectivity index (χ4v) is 2.68. The number of hydrogen-bond donors (Lipinski definition) is 1. The van der Waals surface area contributed by atoms with Gasteiger partial charge in [-0.1, -0.05) is 64.0 Å². The summed E-state index contributed by atoms with van der Waals surface area (Å²) in [5.41, 5.74) is 7.37. The minimum absolute atomic E-state index is 0.0192. The summed E-state index contributed by atoms with van der Waals surface area (Å²) in [6, 6.07) is 5.93. The molecule has 1 atom stereocenters. The third kappa shape index (κ3) is 5.96. The maximum absolute atomic E-state index is 6.32. The Balaban J connectivity index is 2.40. The van der Waals surface area contributed by atoms with E-state index in [-0.39, 0.29) is 6.04 Å². The van der Waals surface area contributed by atoms with Gasteiger partial charge in [-0.05, 0) is 12.5 Å². The second-order valence-electron chi connectivity index (χ2n) is 5.60. The van der Waals surface area contributed by atoms with Crippen LogP contribution in [0.3, 0.4) is 0 Å². The minimum Gasteiger partial charge on any atom is -0.493 e. The van der Waals surface area contributed by atoms with E-state index in [9.17, 15) is 0 Å². The molecule has 0 spiro atoms. The molecule has 3 nitrogen and oxygen atoms in total. The first kappa shape index (κ1) is 17.8. The summed E-state index contributed by atoms with van der Waals surface area (Å²) in [6.07, 6.45) is 10.1. The van der Waals surface area contributed by atoms with Crippen LogP contribution in [0.5, 0.6) is 11.5 Å². The molecule has 1 aromatic carbocycles. The van der Waals surface area contributed by atoms with Gasteiger partial charge >= 0.3 is 0 Å². The maximum Gasteiger partial charge on any atom is 0.165 e. The Labute approximate surface area is 129 Å². The molecule has 0 aliphatic carbocycles. The molecule has 0 bridgehead atoms. The molecule has 0 amide bonds. The maximum atomic E-state index is 6.32. The summed E-state index contributed by atoms with van der Waals surface area (Å²) in [7, 11) is 3.32. The highest BCUT2D eigenvalue weighted by Crippen LogP contribution is 2.35. The molecule has 120 valence electrons. The summed E-state index contributed by atoms with van der Waals surface area (Å²) in [6.45, 7) is 2.25. The lowest BCUT2D eigenvalue weighted by Gasteiger charge is -2.17. The monoisotopic (exact) mass is 293 g/mol. The molecule has 0 aromatic heterocycles. The first-order chi connectivity index (χ1) is 10.2. The lowest BCUT2D eigenvalue weighted by atomic mass is 9.99. The first-order valence-corrected chi connectivity index (χ1v) is 8.21. The van der Waals surface area contributed by atoms with Crippen LogP contribution < -0.4 is 15.2 Å². The van der Waals surface area contributed by atoms with Crippen LogP contribution in [-0.4, -0.2) is 14.2 Å². The van der Waals surface area contributed by atoms with E-state index in [0.717, 1.165) is 23.5 Å². The first-order valence-electron chi connectivity index (χ1n) is 8.21. The summed E-state index contributed by atoms with van der Waals surface area (Å²) < 4.78 is 10.8. The van der Waals surface area contributed by atoms with Crippen molar-refractivity contribution in [2.75, 3.05) is 14.2 Å². The van der Waals surface area contributed by atoms with Crippen LogP contribution in [0.15, 0.2) is 18.2 Å². The highest BCUT2D eigenvalue weighted by Gasteiger charge is 2.15. The van der Waals surface area contributed by atoms with Crippen LogP contribution >= 0.6 is 0 Å². The molecule has 0 aliphatic rings. The zero-order chi connectivity index (χ0) is 15.5. The fourth-order valence-electron chi connectivity index (χ4n) is 2.68. The van der Waals surface area contributed by atoms with Crippen LogP contribution in [0.2, 0.25) is 0 Å². The average Bonchev–Trinajstić information content (AvgIpc) is 2.52. The van der Waals surface area contributed by atoms with E-state index >= 15 is 0 Å². The summed E-state index contributed by atoms with van der Waals surface area (Å²) in [4.78, 5) is 0. The zero-order valence-electron chi connectivity index (χ0n) is 13.9. The molecule has 1 unspecified atom stereocenters. The Hall–Kier alpha value is -1.22. The Bertz CT molecular complexity index is 393. The van der Waals surface area contributed by atoms with Gasteiger partial charge in [-0.25, -0.2) is 0 Å². The number of para-hydroxylation sites is 1. The van der Waals surface area contributed by atoms with Gasteiger partial charge in [0, 0.05) is 11.6 Å². The largest absolute Gasteiger partial charge is 0.493 e. The summed E-state index contributed by atoms with van der Waals surface area (Å²) in [5.74, 6) is 1.53. The van der Waals surface area contributed by atoms with E-state index in [2.05, 4.69) is 6.92 Å². The molecular formula is C18H31NO2. The molecule has 21 heavy (non-hydrogen) atoms. The smallest absolute Gasteiger partial charge is 0.165 e. The molecule has 0 fully saturated rings. The standard InChI is InChI=1S/C18H31NO2/c1-4-5-6-7-8-9-10-13-16(19)15-12-11-14-17(20-2)18(15)21-3/h11-12,14,16H,4-10,13,19H2,1-3H3. The van der Waals surface area contributed by atoms with Crippen molar-refractivity contribution in [3.8, 4) is 11.5 Å². The third-order valence-corrected chi connectivity index (χ3v) is 3.95. The molecule has 0 heterocycles. The van der Waals surface area contributed by atoms with Gasteiger partial charge in [0.2, 0.25) is 0 Å². The Kier molecular flexibility index (Phi) is 8.91. The van der Waals surface area contributed by atoms with E-state index < -0.39 is 0 Å². The Morgan fingerprint density at radius 1 is 0.952 bits per heavy atom. The summed E-state index contributed by atoms with van der Waals surface area (Å²) in [5, 5.41) is 0. The molecule has 0 saturated heterocycles. The highest BCUT2D eigenvalue weighted by molar-refractivity contribution is 5.47. The number of hydrogen-bond acceptors (Lipinski definition) is 3. The van der Waals surface area contributed by atoms with E-state index in [1.807, 2.05) is 18.2 Å². The predicted octanol–water partition coefficient (Wildman–Crippen LogP) is 4.84. The molecule has 1 rings (SSSR count). The molecule has 0 saturated carbocycles. The third-order valence-electron chi connectivity index (χ3n) is 3.95. The quantitative estimate of drug-likeness (QED) is 0.593. The van der Waals surface area contributed by atoms with Crippen LogP contribution in [0, 0.1) is 0 Å². The molecular weight excluding hydrogens is 262 g/mol. The lowest BCUT2D eigenvalue weighted by molar-refractivity contribution is 0.348. The van der Waals surface area contributed by atoms with Gasteiger partial charge < -0.3 is 15.2 Å². The zero-order valence-corrected chi connectivity index (χ0v) is 13.9. The van der Waals surface area contributed by atoms with Gasteiger partial charge in [-0.2, -0.15) is 0 Å². The van der Waals surface area contributed by atoms with E-state index in [1.54, 1.807) is 14.2 Å². The van der Waals surface area contributed by atoms with Crippen LogP contribution in [0.25, 0.3) is 0 Å².